The van der Waals surface area contributed by atoms with E-state index in [9.17, 15) is 0 Å². The molecule has 98 valence electrons. The van der Waals surface area contributed by atoms with Crippen LogP contribution in [0.4, 0.5) is 0 Å². The van der Waals surface area contributed by atoms with E-state index in [0.717, 1.165) is 16.8 Å². The van der Waals surface area contributed by atoms with Gasteiger partial charge in [0.05, 0.1) is 0 Å². The highest BCUT2D eigenvalue weighted by Gasteiger charge is 1.98. The van der Waals surface area contributed by atoms with E-state index in [1.165, 1.54) is 6.21 Å². The molecule has 0 radical (unpaired) electrons. The van der Waals surface area contributed by atoms with Crippen molar-refractivity contribution >= 4 is 6.21 Å². The van der Waals surface area contributed by atoms with Gasteiger partial charge in [-0.3, -0.25) is 0 Å². The highest BCUT2D eigenvalue weighted by Crippen LogP contribution is 2.11. The summed E-state index contributed by atoms with van der Waals surface area (Å²) in [6, 6.07) is 13.7. The summed E-state index contributed by atoms with van der Waals surface area (Å²) >= 11 is 0. The van der Waals surface area contributed by atoms with E-state index in [2.05, 4.69) is 10.1 Å². The lowest BCUT2D eigenvalue weighted by molar-refractivity contribution is 0.293. The third-order valence-electron chi connectivity index (χ3n) is 2.68. The van der Waals surface area contributed by atoms with E-state index in [0.29, 0.717) is 18.9 Å². The molecular weight excluding hydrogens is 240 g/mol. The van der Waals surface area contributed by atoms with Crippen LogP contribution in [0.15, 0.2) is 47.6 Å². The molecule has 4 nitrogen and oxygen atoms in total. The second-order valence-electron chi connectivity index (χ2n) is 4.22. The molecule has 0 fully saturated rings. The Hall–Kier alpha value is -2.36. The Bertz CT molecular complexity index is 550. The molecule has 0 unspecified atom stereocenters. The van der Waals surface area contributed by atoms with Crippen molar-refractivity contribution < 1.29 is 9.94 Å². The van der Waals surface area contributed by atoms with E-state index in [-0.39, 0.29) is 0 Å². The first-order valence-electron chi connectivity index (χ1n) is 6.08. The van der Waals surface area contributed by atoms with Crippen molar-refractivity contribution in [2.45, 2.75) is 20.0 Å². The number of hydrogen-bond donors (Lipinski definition) is 1. The standard InChI is InChI=1S/C15H16N2O2/c1-12-3-2-4-15(17-12)19-11-14-7-5-13(6-8-14)9-10-16-18/h2-8,10,18H,9,11H2,1H3. The van der Waals surface area contributed by atoms with Crippen LogP contribution in [0.1, 0.15) is 16.8 Å². The Morgan fingerprint density at radius 1 is 1.16 bits per heavy atom. The largest absolute Gasteiger partial charge is 0.473 e. The fraction of sp³-hybridized carbons (Fsp3) is 0.200. The number of aromatic nitrogens is 1. The normalized spacial score (nSPS) is 10.8. The van der Waals surface area contributed by atoms with Crippen LogP contribution in [0, 0.1) is 6.92 Å². The van der Waals surface area contributed by atoms with Crippen molar-refractivity contribution in [1.82, 2.24) is 4.98 Å². The summed E-state index contributed by atoms with van der Waals surface area (Å²) in [4.78, 5) is 4.28. The maximum atomic E-state index is 8.36. The molecule has 0 spiro atoms. The van der Waals surface area contributed by atoms with E-state index in [1.54, 1.807) is 0 Å². The highest BCUT2D eigenvalue weighted by atomic mass is 16.5. The van der Waals surface area contributed by atoms with Crippen LogP contribution < -0.4 is 4.74 Å². The molecule has 0 atom stereocenters. The lowest BCUT2D eigenvalue weighted by Gasteiger charge is -2.06. The minimum atomic E-state index is 0.491. The zero-order chi connectivity index (χ0) is 13.5. The average Bonchev–Trinajstić information content (AvgIpc) is 2.44. The Morgan fingerprint density at radius 2 is 1.89 bits per heavy atom. The minimum absolute atomic E-state index is 0.491. The Morgan fingerprint density at radius 3 is 2.58 bits per heavy atom. The van der Waals surface area contributed by atoms with Crippen LogP contribution in [-0.4, -0.2) is 16.4 Å². The first kappa shape index (κ1) is 13.1. The lowest BCUT2D eigenvalue weighted by atomic mass is 10.1. The SMILES string of the molecule is Cc1cccc(OCc2ccc(CC=NO)cc2)n1. The van der Waals surface area contributed by atoms with Gasteiger partial charge in [-0.1, -0.05) is 30.3 Å². The second-order valence-corrected chi connectivity index (χ2v) is 4.22. The van der Waals surface area contributed by atoms with E-state index >= 15 is 0 Å². The van der Waals surface area contributed by atoms with Crippen LogP contribution in [0.25, 0.3) is 0 Å². The Labute approximate surface area is 112 Å². The number of nitrogens with zero attached hydrogens (tertiary/aromatic N) is 2. The summed E-state index contributed by atoms with van der Waals surface area (Å²) in [6.07, 6.45) is 2.08. The predicted octanol–water partition coefficient (Wildman–Crippen LogP) is 2.97. The van der Waals surface area contributed by atoms with Gasteiger partial charge < -0.3 is 9.94 Å². The molecule has 0 aliphatic heterocycles. The average molecular weight is 256 g/mol. The quantitative estimate of drug-likeness (QED) is 0.508. The van der Waals surface area contributed by atoms with Gasteiger partial charge in [-0.05, 0) is 24.1 Å². The van der Waals surface area contributed by atoms with Gasteiger partial charge in [0.25, 0.3) is 0 Å². The molecule has 0 saturated heterocycles. The van der Waals surface area contributed by atoms with Gasteiger partial charge >= 0.3 is 0 Å². The highest BCUT2D eigenvalue weighted by molar-refractivity contribution is 5.60. The second kappa shape index (κ2) is 6.54. The number of ether oxygens (including phenoxy) is 1. The fourth-order valence-electron chi connectivity index (χ4n) is 1.67. The molecule has 2 rings (SSSR count). The van der Waals surface area contributed by atoms with Crippen molar-refractivity contribution in [3.8, 4) is 5.88 Å². The maximum absolute atomic E-state index is 8.36. The Kier molecular flexibility index (Phi) is 4.50. The van der Waals surface area contributed by atoms with Gasteiger partial charge in [-0.15, -0.1) is 5.16 Å². The van der Waals surface area contributed by atoms with E-state index in [1.807, 2.05) is 49.4 Å². The first-order chi connectivity index (χ1) is 9.28. The van der Waals surface area contributed by atoms with Gasteiger partial charge in [0.15, 0.2) is 0 Å². The molecule has 0 amide bonds. The topological polar surface area (TPSA) is 54.7 Å². The molecule has 1 aromatic carbocycles. The molecule has 1 heterocycles. The molecular formula is C15H16N2O2. The summed E-state index contributed by atoms with van der Waals surface area (Å²) in [5, 5.41) is 11.3. The molecule has 2 aromatic rings. The molecule has 0 bridgehead atoms. The fourth-order valence-corrected chi connectivity index (χ4v) is 1.67. The van der Waals surface area contributed by atoms with Crippen LogP contribution >= 0.6 is 0 Å². The maximum Gasteiger partial charge on any atom is 0.213 e. The third kappa shape index (κ3) is 4.10. The molecule has 1 N–H and O–H groups in total. The molecule has 1 aromatic heterocycles. The van der Waals surface area contributed by atoms with Crippen LogP contribution in [0.2, 0.25) is 0 Å². The molecule has 0 aliphatic carbocycles. The summed E-state index contributed by atoms with van der Waals surface area (Å²) in [7, 11) is 0. The van der Waals surface area contributed by atoms with Gasteiger partial charge in [0.2, 0.25) is 5.88 Å². The summed E-state index contributed by atoms with van der Waals surface area (Å²) in [6.45, 7) is 2.43. The predicted molar refractivity (Wildman–Crippen MR) is 73.7 cm³/mol. The smallest absolute Gasteiger partial charge is 0.213 e. The van der Waals surface area contributed by atoms with Crippen molar-refractivity contribution in [3.63, 3.8) is 0 Å². The lowest BCUT2D eigenvalue weighted by Crippen LogP contribution is -1.98. The van der Waals surface area contributed by atoms with Crippen molar-refractivity contribution in [3.05, 3.63) is 59.3 Å². The number of benzene rings is 1. The first-order valence-corrected chi connectivity index (χ1v) is 6.08. The van der Waals surface area contributed by atoms with Gasteiger partial charge in [-0.25, -0.2) is 4.98 Å². The van der Waals surface area contributed by atoms with Crippen molar-refractivity contribution in [2.75, 3.05) is 0 Å². The van der Waals surface area contributed by atoms with E-state index < -0.39 is 0 Å². The van der Waals surface area contributed by atoms with E-state index in [4.69, 9.17) is 9.94 Å². The summed E-state index contributed by atoms with van der Waals surface area (Å²) in [5.74, 6) is 0.636. The van der Waals surface area contributed by atoms with Gasteiger partial charge in [0, 0.05) is 24.4 Å². The van der Waals surface area contributed by atoms with Crippen LogP contribution in [0.5, 0.6) is 5.88 Å². The third-order valence-corrected chi connectivity index (χ3v) is 2.68. The molecule has 4 heteroatoms. The van der Waals surface area contributed by atoms with Gasteiger partial charge in [0.1, 0.15) is 6.61 Å². The number of pyridine rings is 1. The van der Waals surface area contributed by atoms with Crippen molar-refractivity contribution in [1.29, 1.82) is 0 Å². The zero-order valence-electron chi connectivity index (χ0n) is 10.8. The summed E-state index contributed by atoms with van der Waals surface area (Å²) in [5.41, 5.74) is 3.11. The number of rotatable bonds is 5. The summed E-state index contributed by atoms with van der Waals surface area (Å²) < 4.78 is 5.62. The zero-order valence-corrected chi connectivity index (χ0v) is 10.8. The number of oxime groups is 1. The number of hydrogen-bond acceptors (Lipinski definition) is 4. The van der Waals surface area contributed by atoms with Crippen LogP contribution in [0.3, 0.4) is 0 Å². The molecule has 0 aliphatic rings. The van der Waals surface area contributed by atoms with Gasteiger partial charge in [-0.2, -0.15) is 0 Å². The number of aryl methyl sites for hydroxylation is 1. The van der Waals surface area contributed by atoms with Crippen LogP contribution in [-0.2, 0) is 13.0 Å². The molecule has 0 saturated carbocycles. The Balaban J connectivity index is 1.92. The van der Waals surface area contributed by atoms with Crippen molar-refractivity contribution in [2.24, 2.45) is 5.16 Å². The monoisotopic (exact) mass is 256 g/mol. The minimum Gasteiger partial charge on any atom is -0.473 e. The molecule has 19 heavy (non-hydrogen) atoms.